The molecule has 3 rings (SSSR count). The Morgan fingerprint density at radius 2 is 2.04 bits per heavy atom. The van der Waals surface area contributed by atoms with Gasteiger partial charge in [0.1, 0.15) is 0 Å². The second-order valence-electron chi connectivity index (χ2n) is 10.2. The Bertz CT molecular complexity index is 612. The molecule has 27 heavy (non-hydrogen) atoms. The number of hydrogen-bond acceptors (Lipinski definition) is 2. The van der Waals surface area contributed by atoms with Crippen LogP contribution < -0.4 is 0 Å². The van der Waals surface area contributed by atoms with Gasteiger partial charge in [0.25, 0.3) is 0 Å². The summed E-state index contributed by atoms with van der Waals surface area (Å²) < 4.78 is 5.16. The monoisotopic (exact) mass is 372 g/mol. The zero-order valence-electron chi connectivity index (χ0n) is 18.0. The first-order valence-corrected chi connectivity index (χ1v) is 11.2. The number of fused-ring (bicyclic) bond motifs is 1. The fourth-order valence-corrected chi connectivity index (χ4v) is 5.79. The highest BCUT2D eigenvalue weighted by atomic mass is 16.3. The van der Waals surface area contributed by atoms with Crippen molar-refractivity contribution in [2.45, 2.75) is 85.5 Å². The smallest absolute Gasteiger partial charge is 0.0934 e. The summed E-state index contributed by atoms with van der Waals surface area (Å²) in [7, 11) is 0. The molecule has 2 nitrogen and oxygen atoms in total. The molecular weight excluding hydrogens is 332 g/mol. The average molecular weight is 373 g/mol. The molecule has 1 N–H and O–H groups in total. The minimum absolute atomic E-state index is 0.318. The number of hydrogen-bond donors (Lipinski definition) is 1. The summed E-state index contributed by atoms with van der Waals surface area (Å²) in [5.74, 6) is 1.94. The van der Waals surface area contributed by atoms with Crippen LogP contribution in [-0.4, -0.2) is 11.7 Å². The Labute approximate surface area is 166 Å². The fraction of sp³-hybridized carbons (Fsp3) is 0.760. The van der Waals surface area contributed by atoms with E-state index < -0.39 is 0 Å². The summed E-state index contributed by atoms with van der Waals surface area (Å²) in [6, 6.07) is 2.05. The minimum Gasteiger partial charge on any atom is -0.472 e. The van der Waals surface area contributed by atoms with Gasteiger partial charge in [-0.15, -0.1) is 0 Å². The van der Waals surface area contributed by atoms with E-state index in [1.165, 1.54) is 37.7 Å². The third-order valence-corrected chi connectivity index (χ3v) is 8.10. The van der Waals surface area contributed by atoms with Crippen molar-refractivity contribution in [2.24, 2.45) is 28.6 Å². The number of allylic oxidation sites excluding steroid dienone is 2. The second-order valence-corrected chi connectivity index (χ2v) is 10.2. The molecule has 1 unspecified atom stereocenters. The number of rotatable bonds is 8. The van der Waals surface area contributed by atoms with Gasteiger partial charge in [-0.3, -0.25) is 0 Å². The van der Waals surface area contributed by atoms with E-state index in [2.05, 4.69) is 39.8 Å². The Kier molecular flexibility index (Phi) is 6.56. The molecule has 1 saturated carbocycles. The van der Waals surface area contributed by atoms with Gasteiger partial charge in [0.15, 0.2) is 0 Å². The maximum absolute atomic E-state index is 9.94. The predicted molar refractivity (Wildman–Crippen MR) is 113 cm³/mol. The van der Waals surface area contributed by atoms with Crippen LogP contribution in [0.4, 0.5) is 0 Å². The molecule has 0 bridgehead atoms. The van der Waals surface area contributed by atoms with Crippen molar-refractivity contribution in [3.63, 3.8) is 0 Å². The molecule has 2 aliphatic carbocycles. The zero-order valence-corrected chi connectivity index (χ0v) is 18.0. The molecule has 1 fully saturated rings. The SMILES string of the molecule is C[C@@H]1CC[C@H]2C(=CCCC2(C)C)[C@@]1(C)CCC(CO)CCCc1ccoc1. The fourth-order valence-electron chi connectivity index (χ4n) is 5.79. The lowest BCUT2D eigenvalue weighted by molar-refractivity contribution is 0.0721. The summed E-state index contributed by atoms with van der Waals surface area (Å²) >= 11 is 0. The lowest BCUT2D eigenvalue weighted by Gasteiger charge is -2.53. The highest BCUT2D eigenvalue weighted by molar-refractivity contribution is 5.25. The van der Waals surface area contributed by atoms with Gasteiger partial charge in [-0.1, -0.05) is 39.3 Å². The first-order chi connectivity index (χ1) is 12.9. The van der Waals surface area contributed by atoms with E-state index in [0.717, 1.165) is 37.5 Å². The maximum Gasteiger partial charge on any atom is 0.0934 e. The van der Waals surface area contributed by atoms with Crippen LogP contribution in [0.1, 0.15) is 84.6 Å². The van der Waals surface area contributed by atoms with Crippen molar-refractivity contribution < 1.29 is 9.52 Å². The first-order valence-electron chi connectivity index (χ1n) is 11.2. The largest absolute Gasteiger partial charge is 0.472 e. The quantitative estimate of drug-likeness (QED) is 0.510. The van der Waals surface area contributed by atoms with Crippen LogP contribution in [0.5, 0.6) is 0 Å². The first kappa shape index (κ1) is 20.7. The van der Waals surface area contributed by atoms with Crippen molar-refractivity contribution in [2.75, 3.05) is 6.61 Å². The molecule has 1 aromatic heterocycles. The van der Waals surface area contributed by atoms with Gasteiger partial charge in [0.2, 0.25) is 0 Å². The van der Waals surface area contributed by atoms with Crippen molar-refractivity contribution in [3.05, 3.63) is 35.8 Å². The summed E-state index contributed by atoms with van der Waals surface area (Å²) in [5, 5.41) is 9.94. The molecule has 152 valence electrons. The number of aliphatic hydroxyl groups is 1. The lowest BCUT2D eigenvalue weighted by Crippen LogP contribution is -2.43. The van der Waals surface area contributed by atoms with Crippen molar-refractivity contribution >= 4 is 0 Å². The number of aliphatic hydroxyl groups excluding tert-OH is 1. The van der Waals surface area contributed by atoms with Gasteiger partial charge in [-0.05, 0) is 98.0 Å². The van der Waals surface area contributed by atoms with Gasteiger partial charge in [0.05, 0.1) is 12.5 Å². The average Bonchev–Trinajstić information content (AvgIpc) is 3.14. The molecular formula is C25H40O2. The topological polar surface area (TPSA) is 33.4 Å². The van der Waals surface area contributed by atoms with Crippen molar-refractivity contribution in [1.82, 2.24) is 0 Å². The predicted octanol–water partition coefficient (Wildman–Crippen LogP) is 6.79. The minimum atomic E-state index is 0.318. The Morgan fingerprint density at radius 1 is 1.22 bits per heavy atom. The van der Waals surface area contributed by atoms with Crippen LogP contribution in [0.15, 0.2) is 34.7 Å². The Balaban J connectivity index is 1.60. The van der Waals surface area contributed by atoms with Crippen LogP contribution in [0.3, 0.4) is 0 Å². The zero-order chi connectivity index (χ0) is 19.5. The summed E-state index contributed by atoms with van der Waals surface area (Å²) in [5.41, 5.74) is 3.80. The molecule has 2 aliphatic rings. The third-order valence-electron chi connectivity index (χ3n) is 8.10. The van der Waals surface area contributed by atoms with Crippen LogP contribution in [0.2, 0.25) is 0 Å². The van der Waals surface area contributed by atoms with Gasteiger partial charge in [0, 0.05) is 6.61 Å². The van der Waals surface area contributed by atoms with E-state index in [1.807, 2.05) is 6.26 Å². The highest BCUT2D eigenvalue weighted by Gasteiger charge is 2.47. The normalized spacial score (nSPS) is 31.2. The van der Waals surface area contributed by atoms with Crippen LogP contribution in [-0.2, 0) is 6.42 Å². The highest BCUT2D eigenvalue weighted by Crippen LogP contribution is 2.58. The summed E-state index contributed by atoms with van der Waals surface area (Å²) in [4.78, 5) is 0. The van der Waals surface area contributed by atoms with E-state index >= 15 is 0 Å². The van der Waals surface area contributed by atoms with E-state index in [-0.39, 0.29) is 0 Å². The molecule has 0 radical (unpaired) electrons. The molecule has 0 saturated heterocycles. The molecule has 0 aromatic carbocycles. The Morgan fingerprint density at radius 3 is 2.74 bits per heavy atom. The lowest BCUT2D eigenvalue weighted by atomic mass is 9.52. The van der Waals surface area contributed by atoms with Crippen molar-refractivity contribution in [1.29, 1.82) is 0 Å². The van der Waals surface area contributed by atoms with Crippen LogP contribution >= 0.6 is 0 Å². The van der Waals surface area contributed by atoms with E-state index in [9.17, 15) is 5.11 Å². The third kappa shape index (κ3) is 4.53. The van der Waals surface area contributed by atoms with E-state index in [1.54, 1.807) is 11.8 Å². The molecule has 0 aliphatic heterocycles. The standard InChI is InChI=1S/C25H40O2/c1-19-10-11-22-23(9-6-14-24(22,2)3)25(19,4)15-12-20(17-26)7-5-8-21-13-16-27-18-21/h9,13,16,18-20,22,26H,5-8,10-12,14-15,17H2,1-4H3/t19-,20?,22+,25+/m1/s1. The van der Waals surface area contributed by atoms with Gasteiger partial charge in [-0.2, -0.15) is 0 Å². The Hall–Kier alpha value is -1.02. The van der Waals surface area contributed by atoms with Crippen LogP contribution in [0.25, 0.3) is 0 Å². The van der Waals surface area contributed by atoms with E-state index in [0.29, 0.717) is 23.4 Å². The van der Waals surface area contributed by atoms with Crippen LogP contribution in [0, 0.1) is 28.6 Å². The molecule has 0 spiro atoms. The molecule has 0 amide bonds. The summed E-state index contributed by atoms with van der Waals surface area (Å²) in [6.45, 7) is 10.3. The number of furan rings is 1. The van der Waals surface area contributed by atoms with Gasteiger partial charge < -0.3 is 9.52 Å². The van der Waals surface area contributed by atoms with Gasteiger partial charge in [-0.25, -0.2) is 0 Å². The molecule has 4 atom stereocenters. The van der Waals surface area contributed by atoms with Crippen molar-refractivity contribution in [3.8, 4) is 0 Å². The second kappa shape index (κ2) is 8.55. The molecule has 2 heteroatoms. The molecule has 1 heterocycles. The molecule has 1 aromatic rings. The number of aryl methyl sites for hydroxylation is 1. The maximum atomic E-state index is 9.94. The van der Waals surface area contributed by atoms with E-state index in [4.69, 9.17) is 4.42 Å². The van der Waals surface area contributed by atoms with Gasteiger partial charge >= 0.3 is 0 Å². The summed E-state index contributed by atoms with van der Waals surface area (Å²) in [6.07, 6.45) is 17.2.